The van der Waals surface area contributed by atoms with E-state index < -0.39 is 11.7 Å². The van der Waals surface area contributed by atoms with Crippen molar-refractivity contribution in [3.63, 3.8) is 0 Å². The molecule has 0 aromatic heterocycles. The van der Waals surface area contributed by atoms with Gasteiger partial charge >= 0.3 is 6.18 Å². The molecule has 2 rings (SSSR count). The average molecular weight is 339 g/mol. The number of anilines is 1. The van der Waals surface area contributed by atoms with E-state index in [2.05, 4.69) is 5.32 Å². The number of rotatable bonds is 5. The van der Waals surface area contributed by atoms with Crippen LogP contribution in [0.5, 0.6) is 0 Å². The minimum Gasteiger partial charge on any atom is -0.384 e. The Bertz CT molecular complexity index is 622. The molecule has 1 fully saturated rings. The Morgan fingerprint density at radius 3 is 2.75 bits per heavy atom. The van der Waals surface area contributed by atoms with Crippen LogP contribution in [0.1, 0.15) is 43.2 Å². The Morgan fingerprint density at radius 1 is 1.25 bits per heavy atom. The molecule has 4 nitrogen and oxygen atoms in total. The van der Waals surface area contributed by atoms with Gasteiger partial charge in [0.15, 0.2) is 0 Å². The van der Waals surface area contributed by atoms with E-state index in [1.807, 2.05) is 0 Å². The van der Waals surface area contributed by atoms with E-state index in [4.69, 9.17) is 5.26 Å². The molecule has 130 valence electrons. The molecule has 1 heterocycles. The van der Waals surface area contributed by atoms with Crippen LogP contribution < -0.4 is 5.32 Å². The van der Waals surface area contributed by atoms with Crippen LogP contribution in [0.3, 0.4) is 0 Å². The number of hydrogen-bond donors (Lipinski definition) is 1. The van der Waals surface area contributed by atoms with Crippen molar-refractivity contribution in [2.75, 3.05) is 25.0 Å². The van der Waals surface area contributed by atoms with Crippen molar-refractivity contribution in [3.8, 4) is 6.07 Å². The molecule has 0 bridgehead atoms. The Balaban J connectivity index is 1.92. The third kappa shape index (κ3) is 4.88. The second-order valence-electron chi connectivity index (χ2n) is 5.84. The maximum Gasteiger partial charge on any atom is 0.418 e. The highest BCUT2D eigenvalue weighted by atomic mass is 19.4. The summed E-state index contributed by atoms with van der Waals surface area (Å²) in [6.45, 7) is 1.60. The highest BCUT2D eigenvalue weighted by molar-refractivity contribution is 5.76. The van der Waals surface area contributed by atoms with Crippen LogP contribution in [-0.4, -0.2) is 30.4 Å². The Kier molecular flexibility index (Phi) is 6.07. The van der Waals surface area contributed by atoms with Gasteiger partial charge in [0.1, 0.15) is 0 Å². The largest absolute Gasteiger partial charge is 0.418 e. The molecule has 0 radical (unpaired) electrons. The predicted octanol–water partition coefficient (Wildman–Crippen LogP) is 3.78. The number of benzene rings is 1. The van der Waals surface area contributed by atoms with Gasteiger partial charge < -0.3 is 10.2 Å². The van der Waals surface area contributed by atoms with Gasteiger partial charge in [0.25, 0.3) is 0 Å². The Morgan fingerprint density at radius 2 is 2.04 bits per heavy atom. The summed E-state index contributed by atoms with van der Waals surface area (Å²) in [4.78, 5) is 13.7. The van der Waals surface area contributed by atoms with Gasteiger partial charge in [-0.15, -0.1) is 0 Å². The molecule has 0 saturated carbocycles. The first kappa shape index (κ1) is 18.1. The second-order valence-corrected chi connectivity index (χ2v) is 5.84. The molecule has 0 unspecified atom stereocenters. The Hall–Kier alpha value is -2.23. The molecule has 24 heavy (non-hydrogen) atoms. The molecule has 0 atom stereocenters. The van der Waals surface area contributed by atoms with Crippen molar-refractivity contribution >= 4 is 11.6 Å². The average Bonchev–Trinajstić information content (AvgIpc) is 2.75. The van der Waals surface area contributed by atoms with Crippen molar-refractivity contribution < 1.29 is 18.0 Å². The number of carbonyl (C=O) groups excluding carboxylic acids is 1. The third-order valence-electron chi connectivity index (χ3n) is 4.05. The lowest BCUT2D eigenvalue weighted by atomic mass is 10.1. The third-order valence-corrected chi connectivity index (χ3v) is 4.05. The lowest BCUT2D eigenvalue weighted by molar-refractivity contribution is -0.137. The maximum atomic E-state index is 13.1. The monoisotopic (exact) mass is 339 g/mol. The van der Waals surface area contributed by atoms with Gasteiger partial charge in [-0.3, -0.25) is 4.79 Å². The Labute approximate surface area is 139 Å². The number of nitrogens with one attached hydrogen (secondary N) is 1. The lowest BCUT2D eigenvalue weighted by Gasteiger charge is -2.21. The highest BCUT2D eigenvalue weighted by Gasteiger charge is 2.33. The number of carbonyl (C=O) groups is 1. The van der Waals surface area contributed by atoms with Crippen LogP contribution >= 0.6 is 0 Å². The molecule has 1 aliphatic heterocycles. The fraction of sp³-hybridized carbons (Fsp3) is 0.529. The zero-order chi connectivity index (χ0) is 17.6. The summed E-state index contributed by atoms with van der Waals surface area (Å²) in [5, 5.41) is 11.5. The smallest absolute Gasteiger partial charge is 0.384 e. The van der Waals surface area contributed by atoms with Crippen molar-refractivity contribution in [3.05, 3.63) is 29.3 Å². The molecule has 1 amide bonds. The molecular formula is C17H20F3N3O. The van der Waals surface area contributed by atoms with Gasteiger partial charge in [-0.2, -0.15) is 18.4 Å². The van der Waals surface area contributed by atoms with Gasteiger partial charge in [0, 0.05) is 31.7 Å². The van der Waals surface area contributed by atoms with Crippen LogP contribution in [-0.2, 0) is 11.0 Å². The summed E-state index contributed by atoms with van der Waals surface area (Å²) in [6.07, 6.45) is -0.457. The summed E-state index contributed by atoms with van der Waals surface area (Å²) in [6, 6.07) is 5.20. The van der Waals surface area contributed by atoms with Crippen molar-refractivity contribution in [1.29, 1.82) is 5.26 Å². The van der Waals surface area contributed by atoms with E-state index in [-0.39, 0.29) is 17.2 Å². The van der Waals surface area contributed by atoms with E-state index in [0.717, 1.165) is 31.9 Å². The normalized spacial score (nSPS) is 15.8. The lowest BCUT2D eigenvalue weighted by Crippen LogP contribution is -2.32. The first-order valence-electron chi connectivity index (χ1n) is 8.05. The number of amides is 1. The molecular weight excluding hydrogens is 319 g/mol. The van der Waals surface area contributed by atoms with Gasteiger partial charge in [-0.1, -0.05) is 6.42 Å². The molecule has 1 aliphatic rings. The molecule has 1 aromatic rings. The number of alkyl halides is 3. The summed E-state index contributed by atoms with van der Waals surface area (Å²) in [7, 11) is 0. The van der Waals surface area contributed by atoms with Gasteiger partial charge in [0.05, 0.1) is 17.2 Å². The number of nitriles is 1. The maximum absolute atomic E-state index is 13.1. The molecule has 1 saturated heterocycles. The standard InChI is InChI=1S/C17H20F3N3O/c18-17(19,20)14-11-13(12-21)6-7-15(14)22-8-4-10-23-9-3-1-2-5-16(23)24/h6-7,11,22H,1-5,8-10H2. The topological polar surface area (TPSA) is 56.1 Å². The van der Waals surface area contributed by atoms with Gasteiger partial charge in [0.2, 0.25) is 5.91 Å². The van der Waals surface area contributed by atoms with E-state index in [9.17, 15) is 18.0 Å². The first-order valence-corrected chi connectivity index (χ1v) is 8.05. The number of nitrogens with zero attached hydrogens (tertiary/aromatic N) is 2. The number of hydrogen-bond acceptors (Lipinski definition) is 3. The number of likely N-dealkylation sites (tertiary alicyclic amines) is 1. The predicted molar refractivity (Wildman–Crippen MR) is 84.3 cm³/mol. The van der Waals surface area contributed by atoms with Gasteiger partial charge in [-0.25, -0.2) is 0 Å². The van der Waals surface area contributed by atoms with Crippen LogP contribution in [0.2, 0.25) is 0 Å². The van der Waals surface area contributed by atoms with Crippen molar-refractivity contribution in [2.24, 2.45) is 0 Å². The van der Waals surface area contributed by atoms with Gasteiger partial charge in [-0.05, 0) is 37.5 Å². The van der Waals surface area contributed by atoms with E-state index >= 15 is 0 Å². The van der Waals surface area contributed by atoms with E-state index in [1.54, 1.807) is 11.0 Å². The molecule has 1 aromatic carbocycles. The van der Waals surface area contributed by atoms with Crippen LogP contribution in [0.4, 0.5) is 18.9 Å². The number of halogens is 3. The zero-order valence-corrected chi connectivity index (χ0v) is 13.3. The van der Waals surface area contributed by atoms with Crippen LogP contribution in [0.15, 0.2) is 18.2 Å². The summed E-state index contributed by atoms with van der Waals surface area (Å²) >= 11 is 0. The SMILES string of the molecule is N#Cc1ccc(NCCCN2CCCCCC2=O)c(C(F)(F)F)c1. The summed E-state index contributed by atoms with van der Waals surface area (Å²) < 4.78 is 39.2. The minimum absolute atomic E-state index is 0.0250. The minimum atomic E-state index is -4.52. The van der Waals surface area contributed by atoms with Crippen LogP contribution in [0, 0.1) is 11.3 Å². The molecule has 0 spiro atoms. The molecule has 7 heteroatoms. The highest BCUT2D eigenvalue weighted by Crippen LogP contribution is 2.35. The van der Waals surface area contributed by atoms with E-state index in [0.29, 0.717) is 25.9 Å². The molecule has 0 aliphatic carbocycles. The second kappa shape index (κ2) is 8.04. The van der Waals surface area contributed by atoms with Crippen LogP contribution in [0.25, 0.3) is 0 Å². The van der Waals surface area contributed by atoms with Crippen molar-refractivity contribution in [2.45, 2.75) is 38.3 Å². The van der Waals surface area contributed by atoms with Crippen molar-refractivity contribution in [1.82, 2.24) is 4.90 Å². The first-order chi connectivity index (χ1) is 11.4. The van der Waals surface area contributed by atoms with E-state index in [1.165, 1.54) is 12.1 Å². The zero-order valence-electron chi connectivity index (χ0n) is 13.3. The quantitative estimate of drug-likeness (QED) is 0.831. The summed E-state index contributed by atoms with van der Waals surface area (Å²) in [5.41, 5.74) is -0.904. The summed E-state index contributed by atoms with van der Waals surface area (Å²) in [5.74, 6) is 0.127. The fourth-order valence-corrected chi connectivity index (χ4v) is 2.77. The fourth-order valence-electron chi connectivity index (χ4n) is 2.77. The molecule has 1 N–H and O–H groups in total.